The largest absolute Gasteiger partial charge is 0.497 e. The van der Waals surface area contributed by atoms with Gasteiger partial charge in [0, 0.05) is 28.0 Å². The Morgan fingerprint density at radius 3 is 2.68 bits per heavy atom. The second-order valence-electron chi connectivity index (χ2n) is 5.87. The van der Waals surface area contributed by atoms with Crippen LogP contribution < -0.4 is 15.6 Å². The number of aryl methyl sites for hydroxylation is 1. The number of aromatic amines is 1. The third kappa shape index (κ3) is 4.86. The lowest BCUT2D eigenvalue weighted by Gasteiger charge is -2.07. The number of methoxy groups -OCH3 is 1. The molecular formula is C18H18N4O5S. The molecule has 3 N–H and O–H groups in total. The zero-order valence-electron chi connectivity index (χ0n) is 15.2. The number of fused-ring (bicyclic) bond motifs is 1. The molecule has 3 aromatic rings. The number of hydrogen-bond acceptors (Lipinski definition) is 7. The highest BCUT2D eigenvalue weighted by Crippen LogP contribution is 2.21. The van der Waals surface area contributed by atoms with Crippen molar-refractivity contribution in [3.05, 3.63) is 46.0 Å². The van der Waals surface area contributed by atoms with Crippen molar-refractivity contribution in [3.63, 3.8) is 0 Å². The summed E-state index contributed by atoms with van der Waals surface area (Å²) < 4.78 is 10.1. The first-order valence-electron chi connectivity index (χ1n) is 8.27. The number of nitrogens with one attached hydrogen (secondary N) is 3. The van der Waals surface area contributed by atoms with Crippen molar-refractivity contribution in [1.82, 2.24) is 20.8 Å². The zero-order chi connectivity index (χ0) is 20.1. The van der Waals surface area contributed by atoms with Crippen molar-refractivity contribution in [2.24, 2.45) is 0 Å². The Labute approximate surface area is 164 Å². The predicted molar refractivity (Wildman–Crippen MR) is 102 cm³/mol. The average Bonchev–Trinajstić information content (AvgIpc) is 3.29. The van der Waals surface area contributed by atoms with Crippen LogP contribution in [-0.4, -0.2) is 41.5 Å². The molecule has 0 aliphatic heterocycles. The Kier molecular flexibility index (Phi) is 5.90. The first-order valence-corrected chi connectivity index (χ1v) is 9.15. The normalized spacial score (nSPS) is 10.5. The van der Waals surface area contributed by atoms with Crippen molar-refractivity contribution in [2.45, 2.75) is 13.3 Å². The van der Waals surface area contributed by atoms with Crippen LogP contribution in [0.1, 0.15) is 21.2 Å². The average molecular weight is 402 g/mol. The smallest absolute Gasteiger partial charge is 0.355 e. The number of ether oxygens (including phenoxy) is 2. The van der Waals surface area contributed by atoms with Gasteiger partial charge in [-0.1, -0.05) is 0 Å². The number of benzene rings is 1. The number of nitrogens with zero attached hydrogens (tertiary/aromatic N) is 1. The minimum atomic E-state index is -0.685. The molecule has 2 amide bonds. The summed E-state index contributed by atoms with van der Waals surface area (Å²) in [6, 6.07) is 6.94. The summed E-state index contributed by atoms with van der Waals surface area (Å²) in [6.45, 7) is 1.30. The minimum absolute atomic E-state index is 0.0527. The zero-order valence-corrected chi connectivity index (χ0v) is 16.0. The minimum Gasteiger partial charge on any atom is -0.497 e. The number of thiazole rings is 1. The van der Waals surface area contributed by atoms with Crippen molar-refractivity contribution in [1.29, 1.82) is 0 Å². The number of hydrogen-bond donors (Lipinski definition) is 3. The Morgan fingerprint density at radius 1 is 1.18 bits per heavy atom. The molecule has 0 fully saturated rings. The molecule has 0 atom stereocenters. The van der Waals surface area contributed by atoms with Crippen molar-refractivity contribution >= 4 is 40.0 Å². The summed E-state index contributed by atoms with van der Waals surface area (Å²) >= 11 is 1.36. The van der Waals surface area contributed by atoms with E-state index in [-0.39, 0.29) is 12.1 Å². The van der Waals surface area contributed by atoms with Crippen LogP contribution in [0.15, 0.2) is 29.6 Å². The predicted octanol–water partition coefficient (Wildman–Crippen LogP) is 1.49. The number of amides is 2. The fourth-order valence-corrected chi connectivity index (χ4v) is 3.16. The summed E-state index contributed by atoms with van der Waals surface area (Å²) in [5.74, 6) is -1.11. The van der Waals surface area contributed by atoms with Gasteiger partial charge in [0.05, 0.1) is 13.5 Å². The van der Waals surface area contributed by atoms with Gasteiger partial charge in [-0.25, -0.2) is 9.78 Å². The molecule has 3 rings (SSSR count). The molecule has 0 aliphatic carbocycles. The molecule has 1 aromatic carbocycles. The van der Waals surface area contributed by atoms with Crippen LogP contribution in [0.3, 0.4) is 0 Å². The molecule has 0 spiro atoms. The maximum Gasteiger partial charge on any atom is 0.355 e. The van der Waals surface area contributed by atoms with E-state index in [0.717, 1.165) is 11.1 Å². The third-order valence-corrected chi connectivity index (χ3v) is 4.67. The van der Waals surface area contributed by atoms with Gasteiger partial charge < -0.3 is 14.5 Å². The summed E-state index contributed by atoms with van der Waals surface area (Å²) in [7, 11) is 1.55. The van der Waals surface area contributed by atoms with Gasteiger partial charge in [-0.2, -0.15) is 0 Å². The van der Waals surface area contributed by atoms with Gasteiger partial charge in [-0.3, -0.25) is 20.4 Å². The topological polar surface area (TPSA) is 122 Å². The molecule has 0 saturated carbocycles. The highest BCUT2D eigenvalue weighted by atomic mass is 32.1. The van der Waals surface area contributed by atoms with Gasteiger partial charge in [0.15, 0.2) is 6.61 Å². The van der Waals surface area contributed by atoms with E-state index in [1.165, 1.54) is 11.3 Å². The van der Waals surface area contributed by atoms with E-state index in [2.05, 4.69) is 20.8 Å². The molecule has 0 bridgehead atoms. The van der Waals surface area contributed by atoms with E-state index in [9.17, 15) is 14.4 Å². The highest BCUT2D eigenvalue weighted by molar-refractivity contribution is 7.09. The number of rotatable bonds is 6. The Bertz CT molecular complexity index is 1030. The van der Waals surface area contributed by atoms with Crippen LogP contribution in [-0.2, 0) is 20.7 Å². The highest BCUT2D eigenvalue weighted by Gasteiger charge is 2.14. The van der Waals surface area contributed by atoms with Gasteiger partial charge >= 0.3 is 5.97 Å². The maximum atomic E-state index is 12.1. The van der Waals surface area contributed by atoms with Gasteiger partial charge in [0.1, 0.15) is 16.5 Å². The number of carbonyl (C=O) groups excluding carboxylic acids is 3. The number of hydrazine groups is 1. The SMILES string of the molecule is COc1ccc2cc(C(=O)OCC(=O)NNC(=O)Cc3nc(C)cs3)[nH]c2c1. The lowest BCUT2D eigenvalue weighted by molar-refractivity contribution is -0.130. The van der Waals surface area contributed by atoms with Crippen molar-refractivity contribution in [3.8, 4) is 5.75 Å². The lowest BCUT2D eigenvalue weighted by atomic mass is 10.2. The molecule has 146 valence electrons. The Hall–Kier alpha value is -3.40. The fourth-order valence-electron chi connectivity index (χ4n) is 2.39. The van der Waals surface area contributed by atoms with Gasteiger partial charge in [0.25, 0.3) is 5.91 Å². The summed E-state index contributed by atoms with van der Waals surface area (Å²) in [5, 5.41) is 3.29. The molecule has 2 heterocycles. The fraction of sp³-hybridized carbons (Fsp3) is 0.222. The maximum absolute atomic E-state index is 12.1. The van der Waals surface area contributed by atoms with Crippen molar-refractivity contribution < 1.29 is 23.9 Å². The molecule has 0 saturated heterocycles. The first-order chi connectivity index (χ1) is 13.4. The Balaban J connectivity index is 1.46. The molecule has 28 heavy (non-hydrogen) atoms. The summed E-state index contributed by atoms with van der Waals surface area (Å²) in [6.07, 6.45) is 0.0527. The summed E-state index contributed by atoms with van der Waals surface area (Å²) in [5.41, 5.74) is 6.19. The van der Waals surface area contributed by atoms with Crippen LogP contribution in [0, 0.1) is 6.92 Å². The van der Waals surface area contributed by atoms with Crippen molar-refractivity contribution in [2.75, 3.05) is 13.7 Å². The number of H-pyrrole nitrogens is 1. The summed E-state index contributed by atoms with van der Waals surface area (Å²) in [4.78, 5) is 42.7. The number of esters is 1. The van der Waals surface area contributed by atoms with E-state index >= 15 is 0 Å². The number of aromatic nitrogens is 2. The van der Waals surface area contributed by atoms with E-state index in [0.29, 0.717) is 16.3 Å². The molecule has 2 aromatic heterocycles. The van der Waals surface area contributed by atoms with Crippen LogP contribution in [0.2, 0.25) is 0 Å². The molecular weight excluding hydrogens is 384 g/mol. The van der Waals surface area contributed by atoms with E-state index in [4.69, 9.17) is 9.47 Å². The van der Waals surface area contributed by atoms with Crippen LogP contribution >= 0.6 is 11.3 Å². The van der Waals surface area contributed by atoms with Gasteiger partial charge in [-0.15, -0.1) is 11.3 Å². The first kappa shape index (κ1) is 19.4. The van der Waals surface area contributed by atoms with Crippen LogP contribution in [0.5, 0.6) is 5.75 Å². The molecule has 10 heteroatoms. The van der Waals surface area contributed by atoms with E-state index < -0.39 is 24.4 Å². The molecule has 0 radical (unpaired) electrons. The molecule has 0 unspecified atom stereocenters. The molecule has 0 aliphatic rings. The van der Waals surface area contributed by atoms with Crippen LogP contribution in [0.25, 0.3) is 10.9 Å². The second kappa shape index (κ2) is 8.53. The van der Waals surface area contributed by atoms with Gasteiger partial charge in [-0.05, 0) is 25.1 Å². The van der Waals surface area contributed by atoms with E-state index in [1.54, 1.807) is 31.4 Å². The Morgan fingerprint density at radius 2 is 1.96 bits per heavy atom. The number of carbonyl (C=O) groups is 3. The molecule has 9 nitrogen and oxygen atoms in total. The van der Waals surface area contributed by atoms with Crippen LogP contribution in [0.4, 0.5) is 0 Å². The second-order valence-corrected chi connectivity index (χ2v) is 6.81. The quantitative estimate of drug-likeness (QED) is 0.424. The lowest BCUT2D eigenvalue weighted by Crippen LogP contribution is -2.44. The third-order valence-electron chi connectivity index (χ3n) is 3.70. The van der Waals surface area contributed by atoms with Gasteiger partial charge in [0.2, 0.25) is 5.91 Å². The van der Waals surface area contributed by atoms with E-state index in [1.807, 2.05) is 12.3 Å². The monoisotopic (exact) mass is 402 g/mol. The standard InChI is InChI=1S/C18H18N4O5S/c1-10-9-28-17(19-10)7-15(23)21-22-16(24)8-27-18(25)14-5-11-3-4-12(26-2)6-13(11)20-14/h3-6,9,20H,7-8H2,1-2H3,(H,21,23)(H,22,24).